The molecule has 2 aliphatic rings. The fourth-order valence-corrected chi connectivity index (χ4v) is 18.9. The van der Waals surface area contributed by atoms with Gasteiger partial charge in [0.15, 0.2) is 0 Å². The van der Waals surface area contributed by atoms with E-state index in [1.165, 1.54) is 59.7 Å². The van der Waals surface area contributed by atoms with Gasteiger partial charge >= 0.3 is 17.1 Å². The fraction of sp³-hybridized carbons (Fsp3) is 0.435. The van der Waals surface area contributed by atoms with Gasteiger partial charge in [0, 0.05) is 0 Å². The van der Waals surface area contributed by atoms with Crippen molar-refractivity contribution in [2.45, 2.75) is 115 Å². The van der Waals surface area contributed by atoms with Crippen LogP contribution in [-0.4, -0.2) is 28.3 Å². The van der Waals surface area contributed by atoms with Gasteiger partial charge in [-0.15, -0.1) is 0 Å². The summed E-state index contributed by atoms with van der Waals surface area (Å²) in [5, 5.41) is 6.09. The minimum Gasteiger partial charge on any atom is -0.358 e. The molecular weight excluding hydrogens is 701 g/mol. The smallest absolute Gasteiger partial charge is 0.358 e. The SMILES string of the molecule is CC(C)(C)C1CC(P(c2ccccc2)c2ccccc2)C(P(c2ccccc2)c2ccccc2)C1.CC(C)P(C(C)C)C1CCCC1.[CH3-].[CH3-].[Fe+2]. The van der Waals surface area contributed by atoms with E-state index in [-0.39, 0.29) is 31.9 Å². The number of benzene rings is 4. The van der Waals surface area contributed by atoms with Crippen LogP contribution in [0.2, 0.25) is 0 Å². The van der Waals surface area contributed by atoms with Gasteiger partial charge < -0.3 is 14.9 Å². The van der Waals surface area contributed by atoms with E-state index in [0.717, 1.165) is 22.9 Å². The molecule has 272 valence electrons. The van der Waals surface area contributed by atoms with Crippen LogP contribution in [0.15, 0.2) is 121 Å². The number of hydrogen-bond donors (Lipinski definition) is 0. The van der Waals surface area contributed by atoms with Gasteiger partial charge in [0.1, 0.15) is 0 Å². The van der Waals surface area contributed by atoms with Crippen molar-refractivity contribution in [2.24, 2.45) is 11.3 Å². The maximum atomic E-state index is 2.46. The summed E-state index contributed by atoms with van der Waals surface area (Å²) in [4.78, 5) is 0. The van der Waals surface area contributed by atoms with Crippen LogP contribution >= 0.6 is 23.8 Å². The standard InChI is InChI=1S/C33H36P2.C11H23P.2CH3.Fe/c1-33(2,3)26-24-31(34(27-16-8-4-9-17-27)28-18-10-5-11-19-28)32(25-26)35(29-20-12-6-13-21-29)30-22-14-7-15-23-30;1-9(2)12(10(3)4)11-7-5-6-8-11;;;/h4-23,26,31-32H,24-25H2,1-3H3;9-11H,5-8H2,1-4H3;2*1H3;/q;;2*-1;+2. The van der Waals surface area contributed by atoms with Gasteiger partial charge in [-0.1, -0.05) is 191 Å². The molecule has 2 aliphatic carbocycles. The molecule has 4 aromatic carbocycles. The Morgan fingerprint density at radius 2 is 0.780 bits per heavy atom. The van der Waals surface area contributed by atoms with E-state index < -0.39 is 15.8 Å². The van der Waals surface area contributed by atoms with Gasteiger partial charge in [0.05, 0.1) is 0 Å². The van der Waals surface area contributed by atoms with Crippen LogP contribution < -0.4 is 21.2 Å². The van der Waals surface area contributed by atoms with Crippen LogP contribution in [0.4, 0.5) is 0 Å². The summed E-state index contributed by atoms with van der Waals surface area (Å²) in [5.74, 6) is 0.729. The zero-order chi connectivity index (χ0) is 33.4. The van der Waals surface area contributed by atoms with E-state index in [0.29, 0.717) is 24.7 Å². The first-order chi connectivity index (χ1) is 22.6. The van der Waals surface area contributed by atoms with Crippen molar-refractivity contribution >= 4 is 45.0 Å². The first-order valence-electron chi connectivity index (χ1n) is 18.2. The number of rotatable bonds is 9. The maximum absolute atomic E-state index is 2.46. The normalized spacial score (nSPS) is 19.2. The van der Waals surface area contributed by atoms with Crippen molar-refractivity contribution in [3.05, 3.63) is 136 Å². The van der Waals surface area contributed by atoms with Crippen molar-refractivity contribution in [1.82, 2.24) is 0 Å². The molecule has 6 rings (SSSR count). The van der Waals surface area contributed by atoms with Crippen molar-refractivity contribution in [3.8, 4) is 0 Å². The van der Waals surface area contributed by atoms with E-state index in [4.69, 9.17) is 0 Å². The zero-order valence-electron chi connectivity index (χ0n) is 32.4. The molecule has 0 amide bonds. The van der Waals surface area contributed by atoms with Gasteiger partial charge in [-0.2, -0.15) is 0 Å². The first-order valence-corrected chi connectivity index (χ1v) is 22.6. The maximum Gasteiger partial charge on any atom is 2.00 e. The monoisotopic (exact) mass is 766 g/mol. The summed E-state index contributed by atoms with van der Waals surface area (Å²) >= 11 is 0. The second-order valence-corrected chi connectivity index (χ2v) is 23.9. The summed E-state index contributed by atoms with van der Waals surface area (Å²) in [6, 6.07) is 45.6. The van der Waals surface area contributed by atoms with Crippen LogP contribution in [0.3, 0.4) is 0 Å². The summed E-state index contributed by atoms with van der Waals surface area (Å²) in [6.45, 7) is 17.1. The average Bonchev–Trinajstić information content (AvgIpc) is 3.75. The second kappa shape index (κ2) is 21.4. The molecule has 2 unspecified atom stereocenters. The molecule has 50 heavy (non-hydrogen) atoms. The van der Waals surface area contributed by atoms with Gasteiger partial charge in [-0.05, 0) is 102 Å². The fourth-order valence-electron chi connectivity index (χ4n) is 8.32. The van der Waals surface area contributed by atoms with Crippen LogP contribution in [0, 0.1) is 26.2 Å². The van der Waals surface area contributed by atoms with E-state index >= 15 is 0 Å². The van der Waals surface area contributed by atoms with Crippen LogP contribution in [0.25, 0.3) is 0 Å². The summed E-state index contributed by atoms with van der Waals surface area (Å²) in [7, 11) is -0.604. The zero-order valence-corrected chi connectivity index (χ0v) is 36.2. The molecule has 0 bridgehead atoms. The molecule has 0 nitrogen and oxygen atoms in total. The molecule has 0 spiro atoms. The molecule has 4 heteroatoms. The van der Waals surface area contributed by atoms with E-state index in [1.54, 1.807) is 0 Å². The third kappa shape index (κ3) is 11.6. The van der Waals surface area contributed by atoms with E-state index in [9.17, 15) is 0 Å². The van der Waals surface area contributed by atoms with Gasteiger partial charge in [-0.25, -0.2) is 0 Å². The van der Waals surface area contributed by atoms with Crippen molar-refractivity contribution < 1.29 is 17.1 Å². The second-order valence-electron chi connectivity index (χ2n) is 15.3. The van der Waals surface area contributed by atoms with Gasteiger partial charge in [-0.3, -0.25) is 0 Å². The molecule has 2 fully saturated rings. The summed E-state index contributed by atoms with van der Waals surface area (Å²) < 4.78 is 0. The Morgan fingerprint density at radius 1 is 0.500 bits per heavy atom. The minimum atomic E-state index is -0.462. The third-order valence-corrected chi connectivity index (χ3v) is 20.3. The van der Waals surface area contributed by atoms with Crippen molar-refractivity contribution in [3.63, 3.8) is 0 Å². The molecule has 0 heterocycles. The Balaban J connectivity index is 0.000000496. The molecule has 0 saturated heterocycles. The van der Waals surface area contributed by atoms with Gasteiger partial charge in [0.25, 0.3) is 0 Å². The largest absolute Gasteiger partial charge is 2.00 e. The Labute approximate surface area is 323 Å². The molecule has 4 aromatic rings. The van der Waals surface area contributed by atoms with Crippen molar-refractivity contribution in [1.29, 1.82) is 0 Å². The van der Waals surface area contributed by atoms with Crippen LogP contribution in [0.5, 0.6) is 0 Å². The molecule has 0 N–H and O–H groups in total. The van der Waals surface area contributed by atoms with Crippen LogP contribution in [-0.2, 0) is 17.1 Å². The first kappa shape index (κ1) is 44.8. The summed E-state index contributed by atoms with van der Waals surface area (Å²) in [6.07, 6.45) is 8.68. The predicted octanol–water partition coefficient (Wildman–Crippen LogP) is 12.6. The Bertz CT molecular complexity index is 1270. The van der Waals surface area contributed by atoms with Crippen LogP contribution in [0.1, 0.15) is 87.0 Å². The topological polar surface area (TPSA) is 0 Å². The van der Waals surface area contributed by atoms with E-state index in [2.05, 4.69) is 170 Å². The van der Waals surface area contributed by atoms with E-state index in [1.807, 2.05) is 0 Å². The minimum absolute atomic E-state index is 0. The quantitative estimate of drug-likeness (QED) is 0.0904. The molecule has 0 aromatic heterocycles. The predicted molar refractivity (Wildman–Crippen MR) is 230 cm³/mol. The Morgan fingerprint density at radius 3 is 1.02 bits per heavy atom. The molecular formula is C46H65FeP3. The number of hydrogen-bond acceptors (Lipinski definition) is 0. The Hall–Kier alpha value is -1.31. The third-order valence-electron chi connectivity index (χ3n) is 10.5. The molecule has 2 saturated carbocycles. The summed E-state index contributed by atoms with van der Waals surface area (Å²) in [5.41, 5.74) is 4.64. The Kier molecular flexibility index (Phi) is 19.2. The molecule has 0 radical (unpaired) electrons. The van der Waals surface area contributed by atoms with Gasteiger partial charge in [0.2, 0.25) is 0 Å². The average molecular weight is 767 g/mol. The van der Waals surface area contributed by atoms with Crippen molar-refractivity contribution in [2.75, 3.05) is 0 Å². The molecule has 2 atom stereocenters. The molecule has 0 aliphatic heterocycles.